The van der Waals surface area contributed by atoms with Crippen molar-refractivity contribution in [3.8, 4) is 22.3 Å². The van der Waals surface area contributed by atoms with Crippen molar-refractivity contribution in [3.63, 3.8) is 0 Å². The van der Waals surface area contributed by atoms with Gasteiger partial charge in [-0.1, -0.05) is 109 Å². The molecular weight excluding hydrogens is 671 g/mol. The van der Waals surface area contributed by atoms with Gasteiger partial charge in [-0.2, -0.15) is 0 Å². The summed E-state index contributed by atoms with van der Waals surface area (Å²) in [6.07, 6.45) is 0. The van der Waals surface area contributed by atoms with Gasteiger partial charge in [0.1, 0.15) is 11.2 Å². The van der Waals surface area contributed by atoms with Crippen LogP contribution in [-0.2, 0) is 0 Å². The fourth-order valence-electron chi connectivity index (χ4n) is 7.90. The van der Waals surface area contributed by atoms with Crippen molar-refractivity contribution in [2.45, 2.75) is 0 Å². The highest BCUT2D eigenvalue weighted by Gasteiger charge is 2.21. The molecule has 244 valence electrons. The maximum absolute atomic E-state index is 6.44. The Morgan fingerprint density at radius 1 is 0.365 bits per heavy atom. The molecule has 3 heterocycles. The van der Waals surface area contributed by atoms with Crippen molar-refractivity contribution in [2.75, 3.05) is 4.90 Å². The summed E-state index contributed by atoms with van der Waals surface area (Å²) in [5.74, 6) is 0. The lowest BCUT2D eigenvalue weighted by Gasteiger charge is -2.28. The molecule has 0 aliphatic carbocycles. The number of nitrogens with zero attached hydrogens (tertiary/aromatic N) is 1. The molecule has 2 nitrogen and oxygen atoms in total. The van der Waals surface area contributed by atoms with Gasteiger partial charge in [0.15, 0.2) is 0 Å². The highest BCUT2D eigenvalue weighted by atomic mass is 32.1. The normalized spacial score (nSPS) is 11.8. The average molecular weight is 700 g/mol. The maximum atomic E-state index is 6.44. The second kappa shape index (κ2) is 11.7. The number of rotatable bonds is 5. The molecule has 0 unspecified atom stereocenters. The maximum Gasteiger partial charge on any atom is 0.137 e. The lowest BCUT2D eigenvalue weighted by atomic mass is 9.98. The Hall–Kier alpha value is -6.20. The van der Waals surface area contributed by atoms with E-state index in [1.165, 1.54) is 62.6 Å². The number of thiophene rings is 2. The highest BCUT2D eigenvalue weighted by Crippen LogP contribution is 2.47. The first-order chi connectivity index (χ1) is 25.8. The van der Waals surface area contributed by atoms with Gasteiger partial charge < -0.3 is 9.32 Å². The molecule has 8 aromatic carbocycles. The molecule has 0 amide bonds. The summed E-state index contributed by atoms with van der Waals surface area (Å²) in [6.45, 7) is 0. The summed E-state index contributed by atoms with van der Waals surface area (Å²) in [5, 5.41) is 7.46. The molecule has 0 atom stereocenters. The van der Waals surface area contributed by atoms with Crippen LogP contribution in [-0.4, -0.2) is 0 Å². The van der Waals surface area contributed by atoms with Crippen LogP contribution in [0.5, 0.6) is 0 Å². The number of para-hydroxylation sites is 2. The van der Waals surface area contributed by atoms with Gasteiger partial charge in [0.05, 0.1) is 5.69 Å². The number of anilines is 3. The zero-order valence-electron chi connectivity index (χ0n) is 27.9. The second-order valence-corrected chi connectivity index (χ2v) is 15.4. The third kappa shape index (κ3) is 4.62. The van der Waals surface area contributed by atoms with E-state index in [2.05, 4.69) is 169 Å². The van der Waals surface area contributed by atoms with Crippen LogP contribution in [0.1, 0.15) is 0 Å². The molecule has 0 saturated heterocycles. The Kier molecular flexibility index (Phi) is 6.63. The van der Waals surface area contributed by atoms with E-state index in [4.69, 9.17) is 4.42 Å². The summed E-state index contributed by atoms with van der Waals surface area (Å²) >= 11 is 3.74. The number of fused-ring (bicyclic) bond motifs is 9. The van der Waals surface area contributed by atoms with Crippen molar-refractivity contribution in [2.24, 2.45) is 0 Å². The average Bonchev–Trinajstić information content (AvgIpc) is 3.89. The van der Waals surface area contributed by atoms with Crippen LogP contribution in [0.15, 0.2) is 180 Å². The first-order valence-corrected chi connectivity index (χ1v) is 19.1. The third-order valence-corrected chi connectivity index (χ3v) is 12.5. The lowest BCUT2D eigenvalue weighted by molar-refractivity contribution is 0.669. The van der Waals surface area contributed by atoms with Gasteiger partial charge in [-0.25, -0.2) is 0 Å². The molecule has 0 spiro atoms. The van der Waals surface area contributed by atoms with Crippen LogP contribution in [0.2, 0.25) is 0 Å². The third-order valence-electron chi connectivity index (χ3n) is 10.3. The van der Waals surface area contributed by atoms with Gasteiger partial charge in [0.2, 0.25) is 0 Å². The van der Waals surface area contributed by atoms with Crippen LogP contribution in [0.3, 0.4) is 0 Å². The molecule has 4 heteroatoms. The topological polar surface area (TPSA) is 16.4 Å². The van der Waals surface area contributed by atoms with E-state index in [0.717, 1.165) is 39.0 Å². The standard InChI is InChI=1S/C48H29NOS2/c1-2-11-30(12-3-1)34-13-4-7-17-41(34)49(33-22-25-37-36-14-5-8-18-42(36)50-43(37)29-33)32-23-26-45-40(28-32)48-35(16-10-20-46(48)51-45)31-21-24-39-38-15-6-9-19-44(38)52-47(39)27-31/h1-29H. The van der Waals surface area contributed by atoms with Crippen LogP contribution < -0.4 is 4.90 Å². The van der Waals surface area contributed by atoms with Gasteiger partial charge in [-0.15, -0.1) is 22.7 Å². The van der Waals surface area contributed by atoms with Crippen LogP contribution >= 0.6 is 22.7 Å². The van der Waals surface area contributed by atoms with Gasteiger partial charge in [0.25, 0.3) is 0 Å². The zero-order valence-corrected chi connectivity index (χ0v) is 29.5. The lowest BCUT2D eigenvalue weighted by Crippen LogP contribution is -2.11. The van der Waals surface area contributed by atoms with Gasteiger partial charge >= 0.3 is 0 Å². The van der Waals surface area contributed by atoms with E-state index in [-0.39, 0.29) is 0 Å². The molecule has 0 fully saturated rings. The minimum absolute atomic E-state index is 0.877. The number of benzene rings is 8. The monoisotopic (exact) mass is 699 g/mol. The van der Waals surface area contributed by atoms with E-state index >= 15 is 0 Å². The molecule has 0 N–H and O–H groups in total. The number of hydrogen-bond donors (Lipinski definition) is 0. The quantitative estimate of drug-likeness (QED) is 0.178. The summed E-state index contributed by atoms with van der Waals surface area (Å²) in [5.41, 5.74) is 9.88. The molecule has 0 aliphatic rings. The minimum atomic E-state index is 0.877. The van der Waals surface area contributed by atoms with Crippen molar-refractivity contribution < 1.29 is 4.42 Å². The molecule has 0 aliphatic heterocycles. The molecule has 0 bridgehead atoms. The number of furan rings is 1. The number of hydrogen-bond acceptors (Lipinski definition) is 4. The largest absolute Gasteiger partial charge is 0.456 e. The smallest absolute Gasteiger partial charge is 0.137 e. The first-order valence-electron chi connectivity index (χ1n) is 17.5. The van der Waals surface area contributed by atoms with Crippen LogP contribution in [0.25, 0.3) is 84.5 Å². The molecule has 0 radical (unpaired) electrons. The molecule has 3 aromatic heterocycles. The summed E-state index contributed by atoms with van der Waals surface area (Å²) in [4.78, 5) is 2.39. The molecular formula is C48H29NOS2. The Bertz CT molecular complexity index is 3150. The van der Waals surface area contributed by atoms with Gasteiger partial charge in [-0.3, -0.25) is 0 Å². The Labute approximate surface area is 308 Å². The second-order valence-electron chi connectivity index (χ2n) is 13.3. The molecule has 0 saturated carbocycles. The highest BCUT2D eigenvalue weighted by molar-refractivity contribution is 7.26. The fraction of sp³-hybridized carbons (Fsp3) is 0. The summed E-state index contributed by atoms with van der Waals surface area (Å²) in [6, 6.07) is 63.7. The first kappa shape index (κ1) is 29.5. The van der Waals surface area contributed by atoms with Crippen molar-refractivity contribution in [3.05, 3.63) is 176 Å². The Balaban J connectivity index is 1.14. The molecule has 11 rings (SSSR count). The van der Waals surface area contributed by atoms with E-state index in [0.29, 0.717) is 0 Å². The van der Waals surface area contributed by atoms with Crippen molar-refractivity contribution >= 4 is 102 Å². The SMILES string of the molecule is c1ccc(-c2ccccc2N(c2ccc3c(c2)oc2ccccc23)c2ccc3sc4cccc(-c5ccc6c(c5)sc5ccccc56)c4c3c2)cc1. The van der Waals surface area contributed by atoms with Gasteiger partial charge in [-0.05, 0) is 77.4 Å². The predicted octanol–water partition coefficient (Wildman–Crippen LogP) is 15.1. The van der Waals surface area contributed by atoms with E-state index in [9.17, 15) is 0 Å². The zero-order chi connectivity index (χ0) is 34.2. The van der Waals surface area contributed by atoms with Gasteiger partial charge in [0, 0.05) is 74.1 Å². The van der Waals surface area contributed by atoms with E-state index < -0.39 is 0 Å². The van der Waals surface area contributed by atoms with Crippen molar-refractivity contribution in [1.82, 2.24) is 0 Å². The molecule has 11 aromatic rings. The minimum Gasteiger partial charge on any atom is -0.456 e. The Morgan fingerprint density at radius 2 is 1.02 bits per heavy atom. The van der Waals surface area contributed by atoms with Crippen molar-refractivity contribution in [1.29, 1.82) is 0 Å². The summed E-state index contributed by atoms with van der Waals surface area (Å²) < 4.78 is 11.7. The Morgan fingerprint density at radius 3 is 1.96 bits per heavy atom. The van der Waals surface area contributed by atoms with E-state index in [1.807, 2.05) is 34.8 Å². The van der Waals surface area contributed by atoms with Crippen LogP contribution in [0, 0.1) is 0 Å². The predicted molar refractivity (Wildman–Crippen MR) is 225 cm³/mol. The van der Waals surface area contributed by atoms with E-state index in [1.54, 1.807) is 0 Å². The fourth-order valence-corrected chi connectivity index (χ4v) is 10.2. The molecule has 52 heavy (non-hydrogen) atoms. The van der Waals surface area contributed by atoms with Crippen LogP contribution in [0.4, 0.5) is 17.1 Å². The summed E-state index contributed by atoms with van der Waals surface area (Å²) in [7, 11) is 0.